The van der Waals surface area contributed by atoms with E-state index in [0.717, 1.165) is 31.5 Å². The summed E-state index contributed by atoms with van der Waals surface area (Å²) in [6.45, 7) is 4.25. The van der Waals surface area contributed by atoms with Gasteiger partial charge in [0.15, 0.2) is 5.78 Å². The summed E-state index contributed by atoms with van der Waals surface area (Å²) < 4.78 is 0. The van der Waals surface area contributed by atoms with Crippen LogP contribution in [0.3, 0.4) is 0 Å². The molecule has 0 unspecified atom stereocenters. The third kappa shape index (κ3) is 4.39. The predicted octanol–water partition coefficient (Wildman–Crippen LogP) is 2.16. The van der Waals surface area contributed by atoms with E-state index < -0.39 is 0 Å². The molecular weight excluding hydrogens is 264 g/mol. The van der Waals surface area contributed by atoms with Gasteiger partial charge in [-0.2, -0.15) is 0 Å². The number of ketones is 1. The van der Waals surface area contributed by atoms with E-state index in [4.69, 9.17) is 5.73 Å². The normalized spacial score (nSPS) is 16.0. The van der Waals surface area contributed by atoms with E-state index >= 15 is 0 Å². The number of hydrogen-bond donors (Lipinski definition) is 1. The number of piperidine rings is 1. The molecular formula is C17H24N2O2. The molecule has 1 heterocycles. The van der Waals surface area contributed by atoms with E-state index in [9.17, 15) is 9.59 Å². The number of likely N-dealkylation sites (tertiary alicyclic amines) is 1. The molecule has 0 bridgehead atoms. The number of aryl methyl sites for hydroxylation is 1. The highest BCUT2D eigenvalue weighted by molar-refractivity contribution is 5.97. The number of hydrogen-bond acceptors (Lipinski definition) is 3. The minimum atomic E-state index is 0.0418. The van der Waals surface area contributed by atoms with Crippen molar-refractivity contribution in [2.24, 2.45) is 11.7 Å². The summed E-state index contributed by atoms with van der Waals surface area (Å²) >= 11 is 0. The number of carbonyl (C=O) groups is 2. The summed E-state index contributed by atoms with van der Waals surface area (Å²) in [5.74, 6) is 0.675. The van der Waals surface area contributed by atoms with Gasteiger partial charge < -0.3 is 10.6 Å². The average Bonchev–Trinajstić information content (AvgIpc) is 2.53. The maximum atomic E-state index is 12.1. The van der Waals surface area contributed by atoms with E-state index in [0.29, 0.717) is 30.9 Å². The molecule has 0 spiro atoms. The molecule has 1 amide bonds. The van der Waals surface area contributed by atoms with Crippen LogP contribution in [0.5, 0.6) is 0 Å². The number of amides is 1. The fourth-order valence-corrected chi connectivity index (χ4v) is 2.68. The first-order chi connectivity index (χ1) is 10.1. The van der Waals surface area contributed by atoms with E-state index in [-0.39, 0.29) is 11.7 Å². The molecule has 1 aromatic rings. The van der Waals surface area contributed by atoms with Gasteiger partial charge in [-0.25, -0.2) is 0 Å². The summed E-state index contributed by atoms with van der Waals surface area (Å²) in [5.41, 5.74) is 7.47. The molecule has 1 aliphatic heterocycles. The van der Waals surface area contributed by atoms with Crippen molar-refractivity contribution < 1.29 is 9.59 Å². The topological polar surface area (TPSA) is 63.4 Å². The summed E-state index contributed by atoms with van der Waals surface area (Å²) in [5, 5.41) is 0. The van der Waals surface area contributed by atoms with Crippen molar-refractivity contribution in [2.45, 2.75) is 32.6 Å². The summed E-state index contributed by atoms with van der Waals surface area (Å²) in [4.78, 5) is 26.0. The summed E-state index contributed by atoms with van der Waals surface area (Å²) in [7, 11) is 0. The molecule has 114 valence electrons. The standard InChI is InChI=1S/C17H24N2O2/c1-13-2-4-15(5-3-13)16(20)6-7-17(21)19-10-8-14(12-18)9-11-19/h2-5,14H,6-12,18H2,1H3. The highest BCUT2D eigenvalue weighted by Gasteiger charge is 2.22. The van der Waals surface area contributed by atoms with Crippen molar-refractivity contribution in [3.8, 4) is 0 Å². The Morgan fingerprint density at radius 2 is 1.76 bits per heavy atom. The van der Waals surface area contributed by atoms with E-state index in [1.165, 1.54) is 0 Å². The molecule has 0 atom stereocenters. The van der Waals surface area contributed by atoms with Crippen LogP contribution in [0.15, 0.2) is 24.3 Å². The lowest BCUT2D eigenvalue weighted by Gasteiger charge is -2.31. The van der Waals surface area contributed by atoms with Crippen LogP contribution in [0.1, 0.15) is 41.6 Å². The Kier molecular flexibility index (Phi) is 5.51. The minimum absolute atomic E-state index is 0.0418. The van der Waals surface area contributed by atoms with Crippen LogP contribution in [-0.2, 0) is 4.79 Å². The van der Waals surface area contributed by atoms with Crippen LogP contribution in [-0.4, -0.2) is 36.2 Å². The number of carbonyl (C=O) groups excluding carboxylic acids is 2. The van der Waals surface area contributed by atoms with Crippen LogP contribution in [0, 0.1) is 12.8 Å². The summed E-state index contributed by atoms with van der Waals surface area (Å²) in [6, 6.07) is 7.50. The second-order valence-electron chi connectivity index (χ2n) is 5.85. The second kappa shape index (κ2) is 7.36. The number of nitrogens with two attached hydrogens (primary N) is 1. The van der Waals surface area contributed by atoms with Gasteiger partial charge in [0, 0.05) is 31.5 Å². The second-order valence-corrected chi connectivity index (χ2v) is 5.85. The first-order valence-corrected chi connectivity index (χ1v) is 7.68. The highest BCUT2D eigenvalue weighted by atomic mass is 16.2. The van der Waals surface area contributed by atoms with Gasteiger partial charge in [0.2, 0.25) is 5.91 Å². The molecule has 4 nitrogen and oxygen atoms in total. The molecule has 1 fully saturated rings. The third-order valence-electron chi connectivity index (χ3n) is 4.24. The molecule has 0 aromatic heterocycles. The number of Topliss-reactive ketones (excluding diaryl/α,β-unsaturated/α-hetero) is 1. The van der Waals surface area contributed by atoms with Gasteiger partial charge in [-0.15, -0.1) is 0 Å². The van der Waals surface area contributed by atoms with Crippen molar-refractivity contribution in [3.05, 3.63) is 35.4 Å². The number of nitrogens with zero attached hydrogens (tertiary/aromatic N) is 1. The van der Waals surface area contributed by atoms with E-state index in [2.05, 4.69) is 0 Å². The SMILES string of the molecule is Cc1ccc(C(=O)CCC(=O)N2CCC(CN)CC2)cc1. The van der Waals surface area contributed by atoms with Gasteiger partial charge in [-0.3, -0.25) is 9.59 Å². The first kappa shape index (κ1) is 15.7. The Labute approximate surface area is 126 Å². The number of benzene rings is 1. The molecule has 21 heavy (non-hydrogen) atoms. The Morgan fingerprint density at radius 3 is 2.33 bits per heavy atom. The van der Waals surface area contributed by atoms with Crippen LogP contribution >= 0.6 is 0 Å². The van der Waals surface area contributed by atoms with Gasteiger partial charge in [0.1, 0.15) is 0 Å². The molecule has 2 N–H and O–H groups in total. The van der Waals surface area contributed by atoms with Crippen LogP contribution in [0.25, 0.3) is 0 Å². The fraction of sp³-hybridized carbons (Fsp3) is 0.529. The van der Waals surface area contributed by atoms with Crippen LogP contribution in [0.2, 0.25) is 0 Å². The smallest absolute Gasteiger partial charge is 0.223 e. The Morgan fingerprint density at radius 1 is 1.14 bits per heavy atom. The maximum absolute atomic E-state index is 12.1. The lowest BCUT2D eigenvalue weighted by Crippen LogP contribution is -2.40. The van der Waals surface area contributed by atoms with E-state index in [1.807, 2.05) is 36.1 Å². The minimum Gasteiger partial charge on any atom is -0.343 e. The van der Waals surface area contributed by atoms with Crippen molar-refractivity contribution in [1.82, 2.24) is 4.90 Å². The maximum Gasteiger partial charge on any atom is 0.223 e. The highest BCUT2D eigenvalue weighted by Crippen LogP contribution is 2.17. The zero-order chi connectivity index (χ0) is 15.2. The molecule has 2 rings (SSSR count). The molecule has 4 heteroatoms. The van der Waals surface area contributed by atoms with Crippen molar-refractivity contribution in [2.75, 3.05) is 19.6 Å². The van der Waals surface area contributed by atoms with Gasteiger partial charge in [-0.1, -0.05) is 29.8 Å². The first-order valence-electron chi connectivity index (χ1n) is 7.68. The molecule has 1 aliphatic rings. The summed E-state index contributed by atoms with van der Waals surface area (Å²) in [6.07, 6.45) is 2.56. The lowest BCUT2D eigenvalue weighted by molar-refractivity contribution is -0.132. The quantitative estimate of drug-likeness (QED) is 0.844. The molecule has 0 saturated carbocycles. The predicted molar refractivity (Wildman–Crippen MR) is 83.1 cm³/mol. The Balaban J connectivity index is 1.78. The zero-order valence-corrected chi connectivity index (χ0v) is 12.7. The van der Waals surface area contributed by atoms with Gasteiger partial charge in [0.05, 0.1) is 0 Å². The third-order valence-corrected chi connectivity index (χ3v) is 4.24. The van der Waals surface area contributed by atoms with Gasteiger partial charge in [0.25, 0.3) is 0 Å². The van der Waals surface area contributed by atoms with Crippen molar-refractivity contribution >= 4 is 11.7 Å². The average molecular weight is 288 g/mol. The largest absolute Gasteiger partial charge is 0.343 e. The van der Waals surface area contributed by atoms with Crippen molar-refractivity contribution in [3.63, 3.8) is 0 Å². The van der Waals surface area contributed by atoms with Gasteiger partial charge in [-0.05, 0) is 32.2 Å². The van der Waals surface area contributed by atoms with Gasteiger partial charge >= 0.3 is 0 Å². The number of rotatable bonds is 5. The fourth-order valence-electron chi connectivity index (χ4n) is 2.68. The van der Waals surface area contributed by atoms with E-state index in [1.54, 1.807) is 0 Å². The molecule has 1 aromatic carbocycles. The molecule has 0 radical (unpaired) electrons. The zero-order valence-electron chi connectivity index (χ0n) is 12.7. The van der Waals surface area contributed by atoms with Crippen molar-refractivity contribution in [1.29, 1.82) is 0 Å². The monoisotopic (exact) mass is 288 g/mol. The molecule has 1 saturated heterocycles. The van der Waals surface area contributed by atoms with Crippen LogP contribution < -0.4 is 5.73 Å². The lowest BCUT2D eigenvalue weighted by atomic mass is 9.96. The Hall–Kier alpha value is -1.68. The Bertz CT molecular complexity index is 488. The van der Waals surface area contributed by atoms with Crippen LogP contribution in [0.4, 0.5) is 0 Å². The molecule has 0 aliphatic carbocycles.